The number of amides is 1. The maximum absolute atomic E-state index is 12.0. The summed E-state index contributed by atoms with van der Waals surface area (Å²) in [6.07, 6.45) is 3.12. The van der Waals surface area contributed by atoms with E-state index in [-0.39, 0.29) is 6.61 Å². The van der Waals surface area contributed by atoms with Gasteiger partial charge in [-0.25, -0.2) is 14.8 Å². The van der Waals surface area contributed by atoms with Gasteiger partial charge in [-0.1, -0.05) is 6.07 Å². The molecule has 3 rings (SSSR count). The van der Waals surface area contributed by atoms with Crippen LogP contribution in [0.25, 0.3) is 11.0 Å². The fourth-order valence-electron chi connectivity index (χ4n) is 2.06. The number of pyridine rings is 1. The summed E-state index contributed by atoms with van der Waals surface area (Å²) >= 11 is 0. The van der Waals surface area contributed by atoms with E-state index < -0.39 is 11.9 Å². The van der Waals surface area contributed by atoms with Gasteiger partial charge in [0.15, 0.2) is 6.61 Å². The Hall–Kier alpha value is -3.22. The van der Waals surface area contributed by atoms with Gasteiger partial charge in [0, 0.05) is 6.20 Å². The molecule has 7 nitrogen and oxygen atoms in total. The first-order valence-electron chi connectivity index (χ1n) is 6.95. The van der Waals surface area contributed by atoms with Gasteiger partial charge in [-0.15, -0.1) is 0 Å². The van der Waals surface area contributed by atoms with Crippen LogP contribution in [-0.4, -0.2) is 33.4 Å². The van der Waals surface area contributed by atoms with Gasteiger partial charge in [0.2, 0.25) is 0 Å². The minimum atomic E-state index is -0.575. The summed E-state index contributed by atoms with van der Waals surface area (Å²) < 4.78 is 5.01. The zero-order chi connectivity index (χ0) is 16.2. The van der Waals surface area contributed by atoms with Crippen molar-refractivity contribution in [1.82, 2.24) is 15.0 Å². The highest BCUT2D eigenvalue weighted by Gasteiger charge is 2.12. The van der Waals surface area contributed by atoms with Crippen molar-refractivity contribution in [2.45, 2.75) is 6.92 Å². The monoisotopic (exact) mass is 310 g/mol. The van der Waals surface area contributed by atoms with Crippen molar-refractivity contribution in [2.75, 3.05) is 11.9 Å². The number of esters is 1. The molecule has 0 aliphatic heterocycles. The van der Waals surface area contributed by atoms with Crippen LogP contribution in [-0.2, 0) is 9.53 Å². The Morgan fingerprint density at radius 2 is 2.13 bits per heavy atom. The van der Waals surface area contributed by atoms with Crippen molar-refractivity contribution >= 4 is 28.7 Å². The zero-order valence-electron chi connectivity index (χ0n) is 12.4. The molecule has 2 aromatic heterocycles. The molecule has 0 bridgehead atoms. The number of aryl methyl sites for hydroxylation is 1. The predicted octanol–water partition coefficient (Wildman–Crippen LogP) is 2.06. The van der Waals surface area contributed by atoms with E-state index in [1.165, 1.54) is 0 Å². The fourth-order valence-corrected chi connectivity index (χ4v) is 2.06. The second-order valence-electron chi connectivity index (χ2n) is 4.93. The molecule has 2 heterocycles. The lowest BCUT2D eigenvalue weighted by Crippen LogP contribution is -2.21. The van der Waals surface area contributed by atoms with Crippen LogP contribution in [0.15, 0.2) is 42.9 Å². The molecule has 7 heteroatoms. The number of carbonyl (C=O) groups is 2. The second kappa shape index (κ2) is 6.27. The topological polar surface area (TPSA) is 97.0 Å². The highest BCUT2D eigenvalue weighted by atomic mass is 16.5. The van der Waals surface area contributed by atoms with E-state index in [4.69, 9.17) is 4.74 Å². The number of H-pyrrole nitrogens is 1. The quantitative estimate of drug-likeness (QED) is 0.719. The smallest absolute Gasteiger partial charge is 0.338 e. The lowest BCUT2D eigenvalue weighted by molar-refractivity contribution is -0.119. The number of imidazole rings is 1. The molecule has 116 valence electrons. The molecule has 0 aliphatic carbocycles. The van der Waals surface area contributed by atoms with E-state index >= 15 is 0 Å². The Labute approximate surface area is 131 Å². The summed E-state index contributed by atoms with van der Waals surface area (Å²) in [5, 5.41) is 2.60. The molecule has 0 unspecified atom stereocenters. The summed E-state index contributed by atoms with van der Waals surface area (Å²) in [6.45, 7) is 1.45. The van der Waals surface area contributed by atoms with Crippen LogP contribution in [0.2, 0.25) is 0 Å². The Morgan fingerprint density at radius 3 is 2.96 bits per heavy atom. The Balaban J connectivity index is 1.60. The second-order valence-corrected chi connectivity index (χ2v) is 4.93. The van der Waals surface area contributed by atoms with E-state index in [9.17, 15) is 9.59 Å². The zero-order valence-corrected chi connectivity index (χ0v) is 12.4. The number of fused-ring (bicyclic) bond motifs is 1. The van der Waals surface area contributed by atoms with Gasteiger partial charge in [0.25, 0.3) is 5.91 Å². The van der Waals surface area contributed by atoms with Gasteiger partial charge in [-0.2, -0.15) is 0 Å². The average molecular weight is 310 g/mol. The number of anilines is 1. The first-order valence-corrected chi connectivity index (χ1v) is 6.95. The number of rotatable bonds is 4. The van der Waals surface area contributed by atoms with Gasteiger partial charge in [0.1, 0.15) is 5.82 Å². The van der Waals surface area contributed by atoms with Crippen LogP contribution in [0.4, 0.5) is 5.82 Å². The maximum atomic E-state index is 12.0. The van der Waals surface area contributed by atoms with Gasteiger partial charge < -0.3 is 15.0 Å². The largest absolute Gasteiger partial charge is 0.452 e. The van der Waals surface area contributed by atoms with Crippen molar-refractivity contribution in [2.24, 2.45) is 0 Å². The Kier molecular flexibility index (Phi) is 4.01. The van der Waals surface area contributed by atoms with Crippen LogP contribution in [0.1, 0.15) is 15.9 Å². The molecular weight excluding hydrogens is 296 g/mol. The molecule has 0 saturated heterocycles. The molecule has 1 aromatic carbocycles. The van der Waals surface area contributed by atoms with Gasteiger partial charge in [-0.05, 0) is 36.8 Å². The minimum absolute atomic E-state index is 0.351. The van der Waals surface area contributed by atoms with Crippen LogP contribution in [0, 0.1) is 6.92 Å². The third-order valence-electron chi connectivity index (χ3n) is 3.26. The van der Waals surface area contributed by atoms with Gasteiger partial charge >= 0.3 is 5.97 Å². The van der Waals surface area contributed by atoms with Crippen molar-refractivity contribution < 1.29 is 14.3 Å². The maximum Gasteiger partial charge on any atom is 0.338 e. The molecule has 0 saturated carbocycles. The van der Waals surface area contributed by atoms with E-state index in [1.54, 1.807) is 36.8 Å². The van der Waals surface area contributed by atoms with Gasteiger partial charge in [-0.3, -0.25) is 4.79 Å². The van der Waals surface area contributed by atoms with Crippen molar-refractivity contribution in [3.8, 4) is 0 Å². The summed E-state index contributed by atoms with van der Waals surface area (Å²) in [5.74, 6) is -0.565. The number of hydrogen-bond donors (Lipinski definition) is 2. The average Bonchev–Trinajstić information content (AvgIpc) is 3.02. The third-order valence-corrected chi connectivity index (χ3v) is 3.26. The fraction of sp³-hybridized carbons (Fsp3) is 0.125. The first kappa shape index (κ1) is 14.7. The number of hydrogen-bond acceptors (Lipinski definition) is 5. The molecule has 0 atom stereocenters. The lowest BCUT2D eigenvalue weighted by Gasteiger charge is -2.07. The number of nitrogens with zero attached hydrogens (tertiary/aromatic N) is 2. The van der Waals surface area contributed by atoms with Crippen molar-refractivity contribution in [1.29, 1.82) is 0 Å². The molecule has 0 fully saturated rings. The van der Waals surface area contributed by atoms with Crippen molar-refractivity contribution in [3.05, 3.63) is 54.0 Å². The number of aromatic amines is 1. The number of benzene rings is 1. The standard InChI is InChI=1S/C16H14N4O3/c1-10-3-2-6-17-15(10)20-14(21)8-23-16(22)11-4-5-12-13(7-11)19-9-18-12/h2-7,9H,8H2,1H3,(H,18,19)(H,17,20,21). The summed E-state index contributed by atoms with van der Waals surface area (Å²) in [4.78, 5) is 34.8. The molecule has 3 aromatic rings. The van der Waals surface area contributed by atoms with Crippen LogP contribution >= 0.6 is 0 Å². The lowest BCUT2D eigenvalue weighted by atomic mass is 10.2. The number of nitrogens with one attached hydrogen (secondary N) is 2. The Morgan fingerprint density at radius 1 is 1.26 bits per heavy atom. The highest BCUT2D eigenvalue weighted by molar-refractivity contribution is 5.97. The van der Waals surface area contributed by atoms with E-state index in [0.29, 0.717) is 11.4 Å². The number of ether oxygens (including phenoxy) is 1. The molecule has 2 N–H and O–H groups in total. The minimum Gasteiger partial charge on any atom is -0.452 e. The van der Waals surface area contributed by atoms with Gasteiger partial charge in [0.05, 0.1) is 22.9 Å². The molecule has 1 amide bonds. The first-order chi connectivity index (χ1) is 11.1. The third kappa shape index (κ3) is 3.34. The van der Waals surface area contributed by atoms with Crippen LogP contribution < -0.4 is 5.32 Å². The number of aromatic nitrogens is 3. The molecule has 23 heavy (non-hydrogen) atoms. The summed E-state index contributed by atoms with van der Waals surface area (Å²) in [5.41, 5.74) is 2.67. The molecular formula is C16H14N4O3. The number of carbonyl (C=O) groups excluding carboxylic acids is 2. The van der Waals surface area contributed by atoms with Crippen molar-refractivity contribution in [3.63, 3.8) is 0 Å². The van der Waals surface area contributed by atoms with Crippen LogP contribution in [0.3, 0.4) is 0 Å². The highest BCUT2D eigenvalue weighted by Crippen LogP contribution is 2.13. The molecule has 0 aliphatic rings. The van der Waals surface area contributed by atoms with E-state index in [2.05, 4.69) is 20.3 Å². The summed E-state index contributed by atoms with van der Waals surface area (Å²) in [7, 11) is 0. The van der Waals surface area contributed by atoms with Crippen LogP contribution in [0.5, 0.6) is 0 Å². The normalized spacial score (nSPS) is 10.5. The molecule has 0 spiro atoms. The van der Waals surface area contributed by atoms with E-state index in [0.717, 1.165) is 16.6 Å². The summed E-state index contributed by atoms with van der Waals surface area (Å²) in [6, 6.07) is 8.54. The van der Waals surface area contributed by atoms with E-state index in [1.807, 2.05) is 13.0 Å². The predicted molar refractivity (Wildman–Crippen MR) is 84.0 cm³/mol. The SMILES string of the molecule is Cc1cccnc1NC(=O)COC(=O)c1ccc2nc[nH]c2c1. The molecule has 0 radical (unpaired) electrons. The Bertz CT molecular complexity index is 872.